The van der Waals surface area contributed by atoms with Crippen molar-refractivity contribution >= 4 is 29.3 Å². The first kappa shape index (κ1) is 18.7. The summed E-state index contributed by atoms with van der Waals surface area (Å²) in [4.78, 5) is 15.8. The monoisotopic (exact) mass is 389 g/mol. The lowest BCUT2D eigenvalue weighted by atomic mass is 10.2. The zero-order chi connectivity index (χ0) is 19.2. The van der Waals surface area contributed by atoms with Crippen molar-refractivity contribution in [3.05, 3.63) is 33.8 Å². The number of rotatable bonds is 8. The van der Waals surface area contributed by atoms with Crippen LogP contribution in [0.15, 0.2) is 27.2 Å². The maximum absolute atomic E-state index is 12.8. The van der Waals surface area contributed by atoms with Crippen LogP contribution in [0, 0.1) is 0 Å². The van der Waals surface area contributed by atoms with Crippen molar-refractivity contribution in [3.8, 4) is 5.82 Å². The number of thiophene rings is 1. The summed E-state index contributed by atoms with van der Waals surface area (Å²) in [6, 6.07) is 3.79. The van der Waals surface area contributed by atoms with Gasteiger partial charge in [0.25, 0.3) is 5.91 Å². The van der Waals surface area contributed by atoms with Gasteiger partial charge in [-0.1, -0.05) is 25.1 Å². The van der Waals surface area contributed by atoms with E-state index in [9.17, 15) is 4.79 Å². The highest BCUT2D eigenvalue weighted by Crippen LogP contribution is 2.17. The number of hydrogen-bond donors (Lipinski definition) is 2. The third-order valence-electron chi connectivity index (χ3n) is 3.82. The molecule has 0 unspecified atom stereocenters. The number of nitrogens with two attached hydrogens (primary N) is 1. The molecule has 142 valence electrons. The highest BCUT2D eigenvalue weighted by Gasteiger charge is 2.25. The Labute approximate surface area is 158 Å². The fraction of sp³-hybridized carbons (Fsp3) is 0.333. The predicted octanol–water partition coefficient (Wildman–Crippen LogP) is 0.900. The predicted molar refractivity (Wildman–Crippen MR) is 99.6 cm³/mol. The van der Waals surface area contributed by atoms with E-state index in [0.717, 1.165) is 18.0 Å². The van der Waals surface area contributed by atoms with Crippen LogP contribution >= 0.6 is 11.3 Å². The SMILES string of the molecule is CCN(CC)Cc1nnn(-c2nonc2N)c1C(=O)N/N=C/c1cccs1. The van der Waals surface area contributed by atoms with Crippen molar-refractivity contribution in [2.45, 2.75) is 20.4 Å². The fourth-order valence-corrected chi connectivity index (χ4v) is 2.95. The Morgan fingerprint density at radius 1 is 1.44 bits per heavy atom. The van der Waals surface area contributed by atoms with Gasteiger partial charge in [0.1, 0.15) is 5.69 Å². The van der Waals surface area contributed by atoms with Crippen LogP contribution in [0.5, 0.6) is 0 Å². The first-order chi connectivity index (χ1) is 13.1. The summed E-state index contributed by atoms with van der Waals surface area (Å²) in [7, 11) is 0. The van der Waals surface area contributed by atoms with Gasteiger partial charge in [-0.2, -0.15) is 9.78 Å². The Morgan fingerprint density at radius 3 is 2.89 bits per heavy atom. The van der Waals surface area contributed by atoms with E-state index in [1.54, 1.807) is 6.21 Å². The van der Waals surface area contributed by atoms with Crippen LogP contribution in [-0.4, -0.2) is 55.4 Å². The molecular formula is C15H19N9O2S. The van der Waals surface area contributed by atoms with E-state index in [2.05, 4.69) is 40.7 Å². The second-order valence-electron chi connectivity index (χ2n) is 5.45. The van der Waals surface area contributed by atoms with E-state index in [4.69, 9.17) is 5.73 Å². The normalized spacial score (nSPS) is 11.5. The molecule has 0 saturated heterocycles. The Bertz CT molecular complexity index is 912. The second-order valence-corrected chi connectivity index (χ2v) is 6.42. The first-order valence-corrected chi connectivity index (χ1v) is 9.14. The molecule has 0 aromatic carbocycles. The maximum Gasteiger partial charge on any atom is 0.292 e. The number of nitrogen functional groups attached to an aromatic ring is 1. The Morgan fingerprint density at radius 2 is 2.26 bits per heavy atom. The zero-order valence-electron chi connectivity index (χ0n) is 14.9. The third kappa shape index (κ3) is 4.17. The molecule has 0 bridgehead atoms. The minimum atomic E-state index is -0.489. The van der Waals surface area contributed by atoms with Crippen molar-refractivity contribution in [2.75, 3.05) is 18.8 Å². The molecule has 0 spiro atoms. The van der Waals surface area contributed by atoms with Gasteiger partial charge in [-0.25, -0.2) is 10.1 Å². The molecule has 12 heteroatoms. The molecule has 27 heavy (non-hydrogen) atoms. The number of amides is 1. The smallest absolute Gasteiger partial charge is 0.292 e. The summed E-state index contributed by atoms with van der Waals surface area (Å²) in [6.07, 6.45) is 1.56. The number of nitrogens with zero attached hydrogens (tertiary/aromatic N) is 7. The molecule has 0 aliphatic carbocycles. The number of aromatic nitrogens is 5. The summed E-state index contributed by atoms with van der Waals surface area (Å²) in [5.41, 5.74) is 8.89. The Kier molecular flexibility index (Phi) is 5.88. The quantitative estimate of drug-likeness (QED) is 0.428. The minimum absolute atomic E-state index is 0.00502. The van der Waals surface area contributed by atoms with Crippen molar-refractivity contribution < 1.29 is 9.42 Å². The third-order valence-corrected chi connectivity index (χ3v) is 4.63. The summed E-state index contributed by atoms with van der Waals surface area (Å²) in [6.45, 7) is 6.09. The number of hydrogen-bond acceptors (Lipinski definition) is 10. The molecule has 3 heterocycles. The number of nitrogens with one attached hydrogen (secondary N) is 1. The molecule has 11 nitrogen and oxygen atoms in total. The van der Waals surface area contributed by atoms with Gasteiger partial charge in [0, 0.05) is 11.4 Å². The number of carbonyl (C=O) groups excluding carboxylic acids is 1. The molecule has 3 aromatic heterocycles. The van der Waals surface area contributed by atoms with E-state index >= 15 is 0 Å². The van der Waals surface area contributed by atoms with E-state index in [1.807, 2.05) is 31.4 Å². The summed E-state index contributed by atoms with van der Waals surface area (Å²) in [5.74, 6) is -0.386. The fourth-order valence-electron chi connectivity index (χ4n) is 2.36. The average Bonchev–Trinajstić information content (AvgIpc) is 3.40. The first-order valence-electron chi connectivity index (χ1n) is 8.26. The lowest BCUT2D eigenvalue weighted by molar-refractivity contribution is 0.0945. The van der Waals surface area contributed by atoms with Gasteiger partial charge in [-0.05, 0) is 34.8 Å². The van der Waals surface area contributed by atoms with Gasteiger partial charge in [0.15, 0.2) is 5.69 Å². The van der Waals surface area contributed by atoms with Gasteiger partial charge in [-0.3, -0.25) is 9.69 Å². The van der Waals surface area contributed by atoms with Crippen LogP contribution < -0.4 is 11.2 Å². The highest BCUT2D eigenvalue weighted by molar-refractivity contribution is 7.11. The maximum atomic E-state index is 12.8. The van der Waals surface area contributed by atoms with Gasteiger partial charge >= 0.3 is 0 Å². The zero-order valence-corrected chi connectivity index (χ0v) is 15.7. The standard InChI is InChI=1S/C15H19N9O2S/c1-3-23(4-2)9-11-12(15(25)19-17-8-10-6-5-7-27-10)24(22-18-11)14-13(16)20-26-21-14/h5-8H,3-4,9H2,1-2H3,(H2,16,20)(H,19,25)/b17-8+. The molecule has 0 fully saturated rings. The Balaban J connectivity index is 1.90. The molecule has 1 amide bonds. The van der Waals surface area contributed by atoms with Crippen LogP contribution in [0.25, 0.3) is 5.82 Å². The lowest BCUT2D eigenvalue weighted by Crippen LogP contribution is -2.27. The average molecular weight is 389 g/mol. The van der Waals surface area contributed by atoms with Gasteiger partial charge in [0.2, 0.25) is 11.6 Å². The van der Waals surface area contributed by atoms with Crippen LogP contribution in [0.2, 0.25) is 0 Å². The summed E-state index contributed by atoms with van der Waals surface area (Å²) in [5, 5.41) is 21.3. The minimum Gasteiger partial charge on any atom is -0.378 e. The molecule has 3 N–H and O–H groups in total. The Hall–Kier alpha value is -3.12. The molecular weight excluding hydrogens is 370 g/mol. The van der Waals surface area contributed by atoms with Crippen molar-refractivity contribution in [1.29, 1.82) is 0 Å². The second kappa shape index (κ2) is 8.51. The van der Waals surface area contributed by atoms with Gasteiger partial charge in [0.05, 0.1) is 6.21 Å². The number of hydrazone groups is 1. The van der Waals surface area contributed by atoms with Crippen LogP contribution in [0.1, 0.15) is 34.9 Å². The highest BCUT2D eigenvalue weighted by atomic mass is 32.1. The molecule has 3 aromatic rings. The molecule has 0 saturated carbocycles. The molecule has 0 aliphatic rings. The van der Waals surface area contributed by atoms with Crippen molar-refractivity contribution in [2.24, 2.45) is 5.10 Å². The van der Waals surface area contributed by atoms with E-state index in [1.165, 1.54) is 16.0 Å². The van der Waals surface area contributed by atoms with Crippen LogP contribution in [0.3, 0.4) is 0 Å². The molecule has 0 radical (unpaired) electrons. The number of carbonyl (C=O) groups is 1. The van der Waals surface area contributed by atoms with Crippen molar-refractivity contribution in [1.82, 2.24) is 35.6 Å². The van der Waals surface area contributed by atoms with E-state index in [0.29, 0.717) is 12.2 Å². The summed E-state index contributed by atoms with van der Waals surface area (Å²) >= 11 is 1.51. The van der Waals surface area contributed by atoms with Gasteiger partial charge in [-0.15, -0.1) is 16.4 Å². The molecule has 3 rings (SSSR count). The van der Waals surface area contributed by atoms with Gasteiger partial charge < -0.3 is 5.73 Å². The lowest BCUT2D eigenvalue weighted by Gasteiger charge is -2.16. The van der Waals surface area contributed by atoms with E-state index < -0.39 is 5.91 Å². The van der Waals surface area contributed by atoms with Crippen LogP contribution in [-0.2, 0) is 6.54 Å². The van der Waals surface area contributed by atoms with Crippen molar-refractivity contribution in [3.63, 3.8) is 0 Å². The van der Waals surface area contributed by atoms with Crippen LogP contribution in [0.4, 0.5) is 5.82 Å². The largest absolute Gasteiger partial charge is 0.378 e. The number of anilines is 1. The topological polar surface area (TPSA) is 140 Å². The summed E-state index contributed by atoms with van der Waals surface area (Å²) < 4.78 is 5.82. The molecule has 0 atom stereocenters. The molecule has 0 aliphatic heterocycles. The van der Waals surface area contributed by atoms with E-state index in [-0.39, 0.29) is 17.3 Å².